The van der Waals surface area contributed by atoms with Gasteiger partial charge in [0.2, 0.25) is 12.1 Å². The number of aryl methyl sites for hydroxylation is 1. The smallest absolute Gasteiger partial charge is 0.362 e. The van der Waals surface area contributed by atoms with Crippen molar-refractivity contribution in [3.63, 3.8) is 0 Å². The Hall–Kier alpha value is -3.35. The number of hydrogen-bond acceptors (Lipinski definition) is 6. The van der Waals surface area contributed by atoms with Gasteiger partial charge in [-0.3, -0.25) is 9.78 Å². The highest BCUT2D eigenvalue weighted by atomic mass is 19.1. The van der Waals surface area contributed by atoms with Crippen LogP contribution in [0.15, 0.2) is 41.3 Å². The van der Waals surface area contributed by atoms with Gasteiger partial charge in [0.15, 0.2) is 0 Å². The van der Waals surface area contributed by atoms with E-state index >= 15 is 4.39 Å². The Kier molecular flexibility index (Phi) is 6.00. The van der Waals surface area contributed by atoms with E-state index in [1.54, 1.807) is 31.0 Å². The van der Waals surface area contributed by atoms with Crippen molar-refractivity contribution >= 4 is 16.7 Å². The van der Waals surface area contributed by atoms with Gasteiger partial charge in [-0.05, 0) is 68.5 Å². The fourth-order valence-electron chi connectivity index (χ4n) is 6.26. The topological polar surface area (TPSA) is 82.6 Å². The van der Waals surface area contributed by atoms with Crippen molar-refractivity contribution in [1.82, 2.24) is 19.9 Å². The van der Waals surface area contributed by atoms with Crippen LogP contribution in [0.3, 0.4) is 0 Å². The minimum absolute atomic E-state index is 0.0105. The molecule has 0 aromatic carbocycles. The van der Waals surface area contributed by atoms with E-state index in [1.807, 2.05) is 31.2 Å². The second-order valence-corrected chi connectivity index (χ2v) is 11.3. The number of nitrogens with zero attached hydrogens (tertiary/aromatic N) is 4. The number of fused-ring (bicyclic) bond motifs is 5. The molecule has 3 aliphatic heterocycles. The fraction of sp³-hybridized carbons (Fsp3) is 0.517. The largest absolute Gasteiger partial charge is 0.481 e. The van der Waals surface area contributed by atoms with Crippen LogP contribution in [0.4, 0.5) is 10.1 Å². The molecule has 0 amide bonds. The minimum atomic E-state index is -1.35. The summed E-state index contributed by atoms with van der Waals surface area (Å²) in [4.78, 5) is 26.1. The van der Waals surface area contributed by atoms with Gasteiger partial charge in [0.25, 0.3) is 5.56 Å². The molecule has 0 spiro atoms. The summed E-state index contributed by atoms with van der Waals surface area (Å²) in [5.41, 5.74) is 2.30. The van der Waals surface area contributed by atoms with Crippen LogP contribution in [0.2, 0.25) is 0 Å². The standard InChI is InChI=1S/C29H33FN5O3/c1-27(23(30)17-32-20-6-7-24(37-3)34-25(20)27)8-11-29-12-9-28(10-13-29,18-38-29)33-16-19-15-21-22(5-4-14-31-21)35(2)26(19)36/h4-7,14-15,23,33H,8-13,16,18H2,1-3H3/q+1. The molecule has 1 saturated carbocycles. The molecule has 2 saturated heterocycles. The van der Waals surface area contributed by atoms with Crippen molar-refractivity contribution in [3.05, 3.63) is 63.0 Å². The average molecular weight is 519 g/mol. The summed E-state index contributed by atoms with van der Waals surface area (Å²) in [5, 5.41) is 3.66. The lowest BCUT2D eigenvalue weighted by Crippen LogP contribution is -2.61. The van der Waals surface area contributed by atoms with Crippen LogP contribution < -0.4 is 15.6 Å². The predicted molar refractivity (Wildman–Crippen MR) is 143 cm³/mol. The lowest BCUT2D eigenvalue weighted by Gasteiger charge is -2.54. The van der Waals surface area contributed by atoms with Crippen LogP contribution in [-0.2, 0) is 23.7 Å². The highest BCUT2D eigenvalue weighted by Gasteiger charge is 2.53. The lowest BCUT2D eigenvalue weighted by molar-refractivity contribution is -0.168. The molecular weight excluding hydrogens is 485 g/mol. The van der Waals surface area contributed by atoms with Crippen LogP contribution in [0.25, 0.3) is 15.9 Å². The molecule has 9 heteroatoms. The molecule has 8 nitrogen and oxygen atoms in total. The number of hydrogen-bond donors (Lipinski definition) is 1. The molecule has 3 aromatic rings. The van der Waals surface area contributed by atoms with E-state index in [9.17, 15) is 4.79 Å². The minimum Gasteiger partial charge on any atom is -0.481 e. The van der Waals surface area contributed by atoms with Crippen molar-refractivity contribution in [2.75, 3.05) is 13.7 Å². The summed E-state index contributed by atoms with van der Waals surface area (Å²) in [6, 6.07) is 11.8. The van der Waals surface area contributed by atoms with E-state index in [0.29, 0.717) is 42.4 Å². The van der Waals surface area contributed by atoms with E-state index < -0.39 is 11.6 Å². The van der Waals surface area contributed by atoms with Gasteiger partial charge in [0.1, 0.15) is 5.69 Å². The zero-order valence-electron chi connectivity index (χ0n) is 22.1. The van der Waals surface area contributed by atoms with E-state index in [4.69, 9.17) is 9.47 Å². The van der Waals surface area contributed by atoms with Crippen molar-refractivity contribution < 1.29 is 13.9 Å². The molecule has 7 rings (SSSR count). The molecule has 38 heavy (non-hydrogen) atoms. The Morgan fingerprint density at radius 1 is 1.26 bits per heavy atom. The van der Waals surface area contributed by atoms with Gasteiger partial charge in [0, 0.05) is 43.0 Å². The first-order valence-corrected chi connectivity index (χ1v) is 13.3. The molecule has 2 bridgehead atoms. The number of methoxy groups -OCH3 is 1. The third-order valence-corrected chi connectivity index (χ3v) is 9.05. The van der Waals surface area contributed by atoms with Gasteiger partial charge < -0.3 is 19.4 Å². The molecule has 3 fully saturated rings. The van der Waals surface area contributed by atoms with E-state index in [0.717, 1.165) is 43.1 Å². The lowest BCUT2D eigenvalue weighted by atomic mass is 9.66. The molecule has 0 radical (unpaired) electrons. The van der Waals surface area contributed by atoms with Crippen LogP contribution in [0.5, 0.6) is 5.88 Å². The van der Waals surface area contributed by atoms with Gasteiger partial charge in [-0.25, -0.2) is 9.37 Å². The maximum Gasteiger partial charge on any atom is 0.362 e. The first kappa shape index (κ1) is 25.0. The fourth-order valence-corrected chi connectivity index (χ4v) is 6.26. The van der Waals surface area contributed by atoms with E-state index in [-0.39, 0.29) is 16.7 Å². The molecule has 1 aliphatic carbocycles. The SMILES string of the molecule is COc1ccc2c(n1)C(C)(CCC13CCC(NCc4cc5ncccc5n(C)c4=O)(CC1)CO3)C(F)C#[N+]2. The predicted octanol–water partition coefficient (Wildman–Crippen LogP) is 4.56. The number of rotatable bonds is 7. The number of halogens is 1. The zero-order valence-corrected chi connectivity index (χ0v) is 22.1. The Bertz CT molecular complexity index is 1500. The monoisotopic (exact) mass is 518 g/mol. The summed E-state index contributed by atoms with van der Waals surface area (Å²) in [7, 11) is 3.35. The second-order valence-electron chi connectivity index (χ2n) is 11.3. The molecule has 198 valence electrons. The maximum atomic E-state index is 15.3. The molecule has 1 N–H and O–H groups in total. The Morgan fingerprint density at radius 3 is 2.82 bits per heavy atom. The summed E-state index contributed by atoms with van der Waals surface area (Å²) < 4.78 is 28.7. The number of ether oxygens (including phenoxy) is 2. The van der Waals surface area contributed by atoms with Crippen molar-refractivity contribution in [2.45, 2.75) is 74.7 Å². The summed E-state index contributed by atoms with van der Waals surface area (Å²) in [5.74, 6) is 0.455. The van der Waals surface area contributed by atoms with Crippen LogP contribution in [0, 0.1) is 6.07 Å². The van der Waals surface area contributed by atoms with Crippen LogP contribution >= 0.6 is 0 Å². The average Bonchev–Trinajstić information content (AvgIpc) is 2.96. The van der Waals surface area contributed by atoms with Gasteiger partial charge in [-0.2, -0.15) is 0 Å². The first-order chi connectivity index (χ1) is 18.3. The quantitative estimate of drug-likeness (QED) is 0.494. The molecule has 4 aliphatic rings. The second kappa shape index (κ2) is 9.14. The van der Waals surface area contributed by atoms with Crippen molar-refractivity contribution in [1.29, 1.82) is 0 Å². The van der Waals surface area contributed by atoms with Crippen LogP contribution in [-0.4, -0.2) is 45.6 Å². The molecule has 3 aromatic heterocycles. The number of pyridine rings is 3. The number of aromatic nitrogens is 3. The number of alkyl halides is 1. The third kappa shape index (κ3) is 4.07. The summed E-state index contributed by atoms with van der Waals surface area (Å²) in [6.45, 7) is 2.94. The molecule has 2 unspecified atom stereocenters. The van der Waals surface area contributed by atoms with E-state index in [2.05, 4.69) is 26.2 Å². The van der Waals surface area contributed by atoms with Crippen molar-refractivity contribution in [2.24, 2.45) is 7.05 Å². The maximum absolute atomic E-state index is 15.3. The van der Waals surface area contributed by atoms with Gasteiger partial charge in [-0.15, -0.1) is 0 Å². The summed E-state index contributed by atoms with van der Waals surface area (Å²) >= 11 is 0. The third-order valence-electron chi connectivity index (χ3n) is 9.05. The normalized spacial score (nSPS) is 29.5. The Labute approximate surface area is 221 Å². The molecule has 6 heterocycles. The van der Waals surface area contributed by atoms with E-state index in [1.165, 1.54) is 0 Å². The Balaban J connectivity index is 1.13. The molecular formula is C29H33FN5O3+. The number of nitrogens with one attached hydrogen (secondary N) is 1. The van der Waals surface area contributed by atoms with Crippen molar-refractivity contribution in [3.8, 4) is 11.9 Å². The highest BCUT2D eigenvalue weighted by Crippen LogP contribution is 2.49. The first-order valence-electron chi connectivity index (χ1n) is 13.3. The van der Waals surface area contributed by atoms with Crippen LogP contribution in [0.1, 0.15) is 56.7 Å². The molecule has 2 atom stereocenters. The van der Waals surface area contributed by atoms with Gasteiger partial charge >= 0.3 is 11.8 Å². The highest BCUT2D eigenvalue weighted by molar-refractivity contribution is 5.74. The Morgan fingerprint density at radius 2 is 2.08 bits per heavy atom. The van der Waals surface area contributed by atoms with Gasteiger partial charge in [0.05, 0.1) is 35.8 Å². The zero-order chi connectivity index (χ0) is 26.5. The van der Waals surface area contributed by atoms with Gasteiger partial charge in [-0.1, -0.05) is 0 Å². The summed E-state index contributed by atoms with van der Waals surface area (Å²) in [6.07, 6.45) is 5.38.